The van der Waals surface area contributed by atoms with E-state index in [0.717, 1.165) is 15.6 Å². The maximum atomic E-state index is 11.7. The molecular weight excluding hydrogens is 276 g/mol. The number of hydrogen-bond donors (Lipinski definition) is 3. The van der Waals surface area contributed by atoms with Gasteiger partial charge in [-0.3, -0.25) is 0 Å². The predicted octanol–water partition coefficient (Wildman–Crippen LogP) is 2.56. The molecule has 0 aliphatic rings. The molecule has 0 unspecified atom stereocenters. The van der Waals surface area contributed by atoms with Crippen molar-refractivity contribution in [3.8, 4) is 0 Å². The highest BCUT2D eigenvalue weighted by molar-refractivity contribution is 7.17. The topological polar surface area (TPSA) is 78.4 Å². The molecule has 106 valence electrons. The minimum absolute atomic E-state index is 0.367. The molecule has 0 fully saturated rings. The lowest BCUT2D eigenvalue weighted by Crippen LogP contribution is -2.52. The first kappa shape index (κ1) is 14.3. The first-order valence-electron chi connectivity index (χ1n) is 6.14. The third kappa shape index (κ3) is 3.08. The zero-order valence-electron chi connectivity index (χ0n) is 11.3. The van der Waals surface area contributed by atoms with E-state index in [-0.39, 0.29) is 0 Å². The average molecular weight is 292 g/mol. The van der Waals surface area contributed by atoms with Crippen LogP contribution < -0.4 is 10.6 Å². The number of fused-ring (bicyclic) bond motifs is 1. The number of urea groups is 1. The van der Waals surface area contributed by atoms with Gasteiger partial charge in [-0.25, -0.2) is 9.59 Å². The lowest BCUT2D eigenvalue weighted by molar-refractivity contribution is -0.142. The van der Waals surface area contributed by atoms with Crippen molar-refractivity contribution in [1.82, 2.24) is 10.6 Å². The largest absolute Gasteiger partial charge is 0.480 e. The summed E-state index contributed by atoms with van der Waals surface area (Å²) >= 11 is 1.62. The smallest absolute Gasteiger partial charge is 0.328 e. The molecule has 2 rings (SSSR count). The molecule has 0 radical (unpaired) electrons. The first-order valence-corrected chi connectivity index (χ1v) is 7.02. The van der Waals surface area contributed by atoms with E-state index in [2.05, 4.69) is 10.6 Å². The zero-order valence-corrected chi connectivity index (χ0v) is 12.1. The van der Waals surface area contributed by atoms with E-state index in [4.69, 9.17) is 5.11 Å². The van der Waals surface area contributed by atoms with Crippen LogP contribution in [0.25, 0.3) is 10.1 Å². The number of carboxylic acids is 1. The summed E-state index contributed by atoms with van der Waals surface area (Å²) < 4.78 is 1.16. The lowest BCUT2D eigenvalue weighted by atomic mass is 10.1. The molecule has 5 nitrogen and oxygen atoms in total. The number of amides is 2. The van der Waals surface area contributed by atoms with Crippen molar-refractivity contribution >= 4 is 33.4 Å². The Labute approximate surface area is 120 Å². The van der Waals surface area contributed by atoms with E-state index in [1.54, 1.807) is 11.3 Å². The van der Waals surface area contributed by atoms with Crippen molar-refractivity contribution < 1.29 is 14.7 Å². The maximum absolute atomic E-state index is 11.7. The summed E-state index contributed by atoms with van der Waals surface area (Å²) in [6.07, 6.45) is 0. The van der Waals surface area contributed by atoms with Gasteiger partial charge >= 0.3 is 12.0 Å². The van der Waals surface area contributed by atoms with Gasteiger partial charge in [0.2, 0.25) is 0 Å². The second kappa shape index (κ2) is 5.50. The van der Waals surface area contributed by atoms with Gasteiger partial charge in [-0.15, -0.1) is 11.3 Å². The summed E-state index contributed by atoms with van der Waals surface area (Å²) in [4.78, 5) is 22.6. The van der Waals surface area contributed by atoms with Crippen LogP contribution in [0.4, 0.5) is 4.79 Å². The number of hydrogen-bond acceptors (Lipinski definition) is 3. The highest BCUT2D eigenvalue weighted by atomic mass is 32.1. The maximum Gasteiger partial charge on any atom is 0.328 e. The summed E-state index contributed by atoms with van der Waals surface area (Å²) in [5.41, 5.74) is -0.269. The number of carbonyl (C=O) groups is 2. The summed E-state index contributed by atoms with van der Waals surface area (Å²) in [5.74, 6) is -1.08. The van der Waals surface area contributed by atoms with E-state index in [9.17, 15) is 9.59 Å². The summed E-state index contributed by atoms with van der Waals surface area (Å²) in [6.45, 7) is 3.25. The second-order valence-corrected chi connectivity index (χ2v) is 5.91. The summed E-state index contributed by atoms with van der Waals surface area (Å²) in [5, 5.41) is 17.1. The van der Waals surface area contributed by atoms with E-state index in [1.807, 2.05) is 29.6 Å². The second-order valence-electron chi connectivity index (χ2n) is 4.99. The third-order valence-electron chi connectivity index (χ3n) is 2.96. The van der Waals surface area contributed by atoms with Crippen molar-refractivity contribution in [1.29, 1.82) is 0 Å². The number of aliphatic carboxylic acids is 1. The highest BCUT2D eigenvalue weighted by Crippen LogP contribution is 2.25. The van der Waals surface area contributed by atoms with Gasteiger partial charge in [0.05, 0.1) is 0 Å². The van der Waals surface area contributed by atoms with Crippen LogP contribution in [0, 0.1) is 0 Å². The Morgan fingerprint density at radius 3 is 2.70 bits per heavy atom. The van der Waals surface area contributed by atoms with Crippen LogP contribution in [0.15, 0.2) is 29.6 Å². The molecule has 0 aliphatic heterocycles. The van der Waals surface area contributed by atoms with E-state index in [0.29, 0.717) is 6.54 Å². The molecule has 1 heterocycles. The molecule has 1 aromatic heterocycles. The molecule has 1 aromatic carbocycles. The summed E-state index contributed by atoms with van der Waals surface area (Å²) in [7, 11) is 0. The van der Waals surface area contributed by atoms with Crippen molar-refractivity contribution in [2.45, 2.75) is 25.9 Å². The van der Waals surface area contributed by atoms with Crippen LogP contribution >= 0.6 is 11.3 Å². The molecule has 20 heavy (non-hydrogen) atoms. The monoisotopic (exact) mass is 292 g/mol. The quantitative estimate of drug-likeness (QED) is 0.810. The highest BCUT2D eigenvalue weighted by Gasteiger charge is 2.28. The fourth-order valence-electron chi connectivity index (χ4n) is 1.73. The number of thiophene rings is 1. The Morgan fingerprint density at radius 1 is 1.30 bits per heavy atom. The molecule has 0 saturated carbocycles. The van der Waals surface area contributed by atoms with E-state index in [1.165, 1.54) is 13.8 Å². The van der Waals surface area contributed by atoms with Gasteiger partial charge in [-0.1, -0.05) is 18.2 Å². The number of rotatable bonds is 4. The number of carboxylic acid groups (broad SMARTS) is 1. The molecule has 0 bridgehead atoms. The fraction of sp³-hybridized carbons (Fsp3) is 0.286. The van der Waals surface area contributed by atoms with Gasteiger partial charge in [0.25, 0.3) is 0 Å². The van der Waals surface area contributed by atoms with E-state index >= 15 is 0 Å². The molecular formula is C14H16N2O3S. The normalized spacial score (nSPS) is 11.3. The Morgan fingerprint density at radius 2 is 2.00 bits per heavy atom. The van der Waals surface area contributed by atoms with Crippen LogP contribution in [0.1, 0.15) is 19.4 Å². The Bertz CT molecular complexity index is 649. The molecule has 0 aliphatic carbocycles. The third-order valence-corrected chi connectivity index (χ3v) is 3.97. The van der Waals surface area contributed by atoms with Gasteiger partial charge < -0.3 is 15.7 Å². The first-order chi connectivity index (χ1) is 9.40. The molecule has 0 saturated heterocycles. The average Bonchev–Trinajstić information content (AvgIpc) is 2.79. The minimum atomic E-state index is -1.29. The predicted molar refractivity (Wildman–Crippen MR) is 78.9 cm³/mol. The van der Waals surface area contributed by atoms with Crippen LogP contribution in [0.3, 0.4) is 0 Å². The van der Waals surface area contributed by atoms with Crippen molar-refractivity contribution in [3.05, 3.63) is 35.2 Å². The number of carbonyl (C=O) groups excluding carboxylic acids is 1. The molecule has 0 spiro atoms. The van der Waals surface area contributed by atoms with Gasteiger partial charge in [0.15, 0.2) is 0 Å². The van der Waals surface area contributed by atoms with Gasteiger partial charge in [0, 0.05) is 11.2 Å². The summed E-state index contributed by atoms with van der Waals surface area (Å²) in [6, 6.07) is 7.45. The molecule has 3 N–H and O–H groups in total. The lowest BCUT2D eigenvalue weighted by Gasteiger charge is -2.21. The Hall–Kier alpha value is -2.08. The van der Waals surface area contributed by atoms with Gasteiger partial charge in [-0.05, 0) is 36.2 Å². The SMILES string of the molecule is CC(C)(NC(=O)NCc1csc2ccccc12)C(=O)O. The van der Waals surface area contributed by atoms with Crippen molar-refractivity contribution in [2.75, 3.05) is 0 Å². The van der Waals surface area contributed by atoms with Crippen molar-refractivity contribution in [3.63, 3.8) is 0 Å². The number of nitrogens with one attached hydrogen (secondary N) is 2. The minimum Gasteiger partial charge on any atom is -0.480 e. The van der Waals surface area contributed by atoms with Crippen LogP contribution in [-0.2, 0) is 11.3 Å². The van der Waals surface area contributed by atoms with Crippen LogP contribution in [-0.4, -0.2) is 22.6 Å². The molecule has 6 heteroatoms. The Kier molecular flexibility index (Phi) is 3.94. The molecule has 2 aromatic rings. The zero-order chi connectivity index (χ0) is 14.8. The number of benzene rings is 1. The van der Waals surface area contributed by atoms with Crippen LogP contribution in [0.5, 0.6) is 0 Å². The Balaban J connectivity index is 1.99. The van der Waals surface area contributed by atoms with Gasteiger partial charge in [0.1, 0.15) is 5.54 Å². The molecule has 0 atom stereocenters. The van der Waals surface area contributed by atoms with Gasteiger partial charge in [-0.2, -0.15) is 0 Å². The fourth-order valence-corrected chi connectivity index (χ4v) is 2.69. The van der Waals surface area contributed by atoms with Crippen LogP contribution in [0.2, 0.25) is 0 Å². The van der Waals surface area contributed by atoms with E-state index < -0.39 is 17.5 Å². The molecule has 2 amide bonds. The standard InChI is InChI=1S/C14H16N2O3S/c1-14(2,12(17)18)16-13(19)15-7-9-8-20-11-6-4-3-5-10(9)11/h3-6,8H,7H2,1-2H3,(H,17,18)(H2,15,16,19). The van der Waals surface area contributed by atoms with Crippen molar-refractivity contribution in [2.24, 2.45) is 0 Å².